The monoisotopic (exact) mass is 513 g/mol. The largest absolute Gasteiger partial charge is 0.459 e. The molecule has 3 aromatic carbocycles. The van der Waals surface area contributed by atoms with E-state index in [9.17, 15) is 26.7 Å². The predicted molar refractivity (Wildman–Crippen MR) is 121 cm³/mol. The molecule has 4 nitrogen and oxygen atoms in total. The van der Waals surface area contributed by atoms with Crippen LogP contribution < -0.4 is 10.1 Å². The molecule has 0 radical (unpaired) electrons. The zero-order chi connectivity index (χ0) is 25.8. The lowest BCUT2D eigenvalue weighted by Gasteiger charge is -2.23. The maximum Gasteiger partial charge on any atom is 0.416 e. The van der Waals surface area contributed by atoms with E-state index in [4.69, 9.17) is 21.1 Å². The molecule has 0 spiro atoms. The smallest absolute Gasteiger partial charge is 0.416 e. The Labute approximate surface area is 203 Å². The van der Waals surface area contributed by atoms with E-state index in [0.29, 0.717) is 11.6 Å². The molecule has 1 N–H and O–H groups in total. The number of carbonyl (C=O) groups is 1. The topological polar surface area (TPSA) is 47.6 Å². The van der Waals surface area contributed by atoms with E-state index in [1.807, 2.05) is 0 Å². The molecule has 0 aromatic heterocycles. The summed E-state index contributed by atoms with van der Waals surface area (Å²) in [6, 6.07) is 11.2. The fourth-order valence-electron chi connectivity index (χ4n) is 3.10. The summed E-state index contributed by atoms with van der Waals surface area (Å²) in [5.41, 5.74) is -0.209. The van der Waals surface area contributed by atoms with Gasteiger partial charge in [0.2, 0.25) is 0 Å². The zero-order valence-electron chi connectivity index (χ0n) is 18.6. The molecule has 0 saturated carbocycles. The fourth-order valence-corrected chi connectivity index (χ4v) is 3.34. The standard InChI is InChI=1S/C25H21ClF5NO3/c1-14(2)23(32-21-8-6-16(11-19(21)26)25(29,30)31)24(33)34-13-15-4-3-5-18(10-15)35-22-9-7-17(27)12-20(22)28/h3-12,14,23,32H,13H2,1-2H3. The fraction of sp³-hybridized carbons (Fsp3) is 0.240. The number of halogens is 6. The van der Waals surface area contributed by atoms with Gasteiger partial charge in [0, 0.05) is 6.07 Å². The summed E-state index contributed by atoms with van der Waals surface area (Å²) in [4.78, 5) is 12.7. The third kappa shape index (κ3) is 7.08. The summed E-state index contributed by atoms with van der Waals surface area (Å²) in [5.74, 6) is -2.45. The average molecular weight is 514 g/mol. The van der Waals surface area contributed by atoms with Gasteiger partial charge < -0.3 is 14.8 Å². The maximum atomic E-state index is 13.8. The number of nitrogens with one attached hydrogen (secondary N) is 1. The maximum absolute atomic E-state index is 13.8. The number of esters is 1. The number of carbonyl (C=O) groups excluding carboxylic acids is 1. The van der Waals surface area contributed by atoms with Crippen LogP contribution in [0, 0.1) is 17.6 Å². The van der Waals surface area contributed by atoms with Crippen molar-refractivity contribution in [3.8, 4) is 11.5 Å². The van der Waals surface area contributed by atoms with E-state index in [1.165, 1.54) is 6.07 Å². The number of benzene rings is 3. The normalized spacial score (nSPS) is 12.4. The molecule has 0 aliphatic carbocycles. The van der Waals surface area contributed by atoms with E-state index in [-0.39, 0.29) is 34.7 Å². The van der Waals surface area contributed by atoms with Crippen molar-refractivity contribution >= 4 is 23.3 Å². The van der Waals surface area contributed by atoms with Crippen molar-refractivity contribution in [2.24, 2.45) is 5.92 Å². The summed E-state index contributed by atoms with van der Waals surface area (Å²) in [7, 11) is 0. The van der Waals surface area contributed by atoms with Crippen molar-refractivity contribution in [2.75, 3.05) is 5.32 Å². The Balaban J connectivity index is 1.66. The Morgan fingerprint density at radius 2 is 1.77 bits per heavy atom. The molecule has 1 atom stereocenters. The summed E-state index contributed by atoms with van der Waals surface area (Å²) < 4.78 is 76.3. The number of alkyl halides is 3. The molecule has 0 amide bonds. The molecule has 0 saturated heterocycles. The van der Waals surface area contributed by atoms with E-state index in [0.717, 1.165) is 30.3 Å². The summed E-state index contributed by atoms with van der Waals surface area (Å²) >= 11 is 5.99. The van der Waals surface area contributed by atoms with Crippen molar-refractivity contribution < 1.29 is 36.2 Å². The molecule has 0 aliphatic heterocycles. The number of hydrogen-bond donors (Lipinski definition) is 1. The Hall–Kier alpha value is -3.33. The van der Waals surface area contributed by atoms with Crippen LogP contribution in [0.5, 0.6) is 11.5 Å². The van der Waals surface area contributed by atoms with Gasteiger partial charge in [-0.25, -0.2) is 13.6 Å². The first-order chi connectivity index (χ1) is 16.4. The van der Waals surface area contributed by atoms with E-state index < -0.39 is 35.4 Å². The molecule has 0 heterocycles. The van der Waals surface area contributed by atoms with Crippen molar-refractivity contribution in [1.82, 2.24) is 0 Å². The van der Waals surface area contributed by atoms with Crippen LogP contribution in [-0.4, -0.2) is 12.0 Å². The molecule has 0 aliphatic rings. The molecule has 3 rings (SSSR count). The molecule has 0 fully saturated rings. The van der Waals surface area contributed by atoms with Gasteiger partial charge in [0.25, 0.3) is 0 Å². The van der Waals surface area contributed by atoms with Crippen molar-refractivity contribution in [2.45, 2.75) is 32.7 Å². The lowest BCUT2D eigenvalue weighted by atomic mass is 10.0. The van der Waals surface area contributed by atoms with Gasteiger partial charge in [-0.05, 0) is 53.9 Å². The molecule has 0 bridgehead atoms. The van der Waals surface area contributed by atoms with E-state index in [2.05, 4.69) is 5.32 Å². The zero-order valence-corrected chi connectivity index (χ0v) is 19.4. The molecule has 10 heteroatoms. The lowest BCUT2D eigenvalue weighted by Crippen LogP contribution is -2.36. The van der Waals surface area contributed by atoms with Gasteiger partial charge >= 0.3 is 12.1 Å². The average Bonchev–Trinajstić information content (AvgIpc) is 2.78. The second kappa shape index (κ2) is 10.9. The van der Waals surface area contributed by atoms with Crippen LogP contribution in [0.4, 0.5) is 27.6 Å². The van der Waals surface area contributed by atoms with Crippen LogP contribution >= 0.6 is 11.6 Å². The third-order valence-electron chi connectivity index (χ3n) is 4.93. The van der Waals surface area contributed by atoms with Crippen molar-refractivity contribution in [3.05, 3.63) is 88.4 Å². The van der Waals surface area contributed by atoms with Crippen LogP contribution in [0.3, 0.4) is 0 Å². The Kier molecular flexibility index (Phi) is 8.22. The van der Waals surface area contributed by atoms with Gasteiger partial charge in [-0.2, -0.15) is 13.2 Å². The van der Waals surface area contributed by atoms with Gasteiger partial charge in [-0.1, -0.05) is 37.6 Å². The van der Waals surface area contributed by atoms with E-state index in [1.54, 1.807) is 32.0 Å². The molecular weight excluding hydrogens is 493 g/mol. The second-order valence-electron chi connectivity index (χ2n) is 7.99. The Morgan fingerprint density at radius 1 is 1.03 bits per heavy atom. The van der Waals surface area contributed by atoms with Gasteiger partial charge in [0.1, 0.15) is 24.2 Å². The van der Waals surface area contributed by atoms with Gasteiger partial charge in [-0.3, -0.25) is 0 Å². The van der Waals surface area contributed by atoms with Gasteiger partial charge in [-0.15, -0.1) is 0 Å². The quantitative estimate of drug-likeness (QED) is 0.249. The molecule has 186 valence electrons. The predicted octanol–water partition coefficient (Wildman–Crippen LogP) is 7.61. The van der Waals surface area contributed by atoms with Crippen LogP contribution in [0.25, 0.3) is 0 Å². The Morgan fingerprint density at radius 3 is 2.40 bits per heavy atom. The van der Waals surface area contributed by atoms with Gasteiger partial charge in [0.15, 0.2) is 11.6 Å². The van der Waals surface area contributed by atoms with E-state index >= 15 is 0 Å². The number of ether oxygens (including phenoxy) is 2. The minimum Gasteiger partial charge on any atom is -0.459 e. The highest BCUT2D eigenvalue weighted by atomic mass is 35.5. The Bertz CT molecular complexity index is 1200. The molecule has 3 aromatic rings. The lowest BCUT2D eigenvalue weighted by molar-refractivity contribution is -0.147. The van der Waals surface area contributed by atoms with Crippen LogP contribution in [0.1, 0.15) is 25.0 Å². The number of hydrogen-bond acceptors (Lipinski definition) is 4. The van der Waals surface area contributed by atoms with Crippen molar-refractivity contribution in [1.29, 1.82) is 0 Å². The van der Waals surface area contributed by atoms with Crippen LogP contribution in [0.15, 0.2) is 60.7 Å². The molecule has 35 heavy (non-hydrogen) atoms. The molecular formula is C25H21ClF5NO3. The highest BCUT2D eigenvalue weighted by molar-refractivity contribution is 6.33. The highest BCUT2D eigenvalue weighted by Crippen LogP contribution is 2.34. The van der Waals surface area contributed by atoms with Crippen LogP contribution in [-0.2, 0) is 22.3 Å². The SMILES string of the molecule is CC(C)C(Nc1ccc(C(F)(F)F)cc1Cl)C(=O)OCc1cccc(Oc2ccc(F)cc2F)c1. The third-order valence-corrected chi connectivity index (χ3v) is 5.24. The number of anilines is 1. The minimum atomic E-state index is -4.54. The highest BCUT2D eigenvalue weighted by Gasteiger charge is 2.31. The molecule has 1 unspecified atom stereocenters. The van der Waals surface area contributed by atoms with Crippen LogP contribution in [0.2, 0.25) is 5.02 Å². The summed E-state index contributed by atoms with van der Waals surface area (Å²) in [6.07, 6.45) is -4.54. The first-order valence-electron chi connectivity index (χ1n) is 10.5. The number of rotatable bonds is 8. The summed E-state index contributed by atoms with van der Waals surface area (Å²) in [6.45, 7) is 3.33. The first-order valence-corrected chi connectivity index (χ1v) is 10.8. The first kappa shape index (κ1) is 26.3. The summed E-state index contributed by atoms with van der Waals surface area (Å²) in [5, 5.41) is 2.66. The minimum absolute atomic E-state index is 0.145. The van der Waals surface area contributed by atoms with Gasteiger partial charge in [0.05, 0.1) is 16.3 Å². The second-order valence-corrected chi connectivity index (χ2v) is 8.40. The van der Waals surface area contributed by atoms with Crippen molar-refractivity contribution in [3.63, 3.8) is 0 Å².